The number of anilines is 1. The van der Waals surface area contributed by atoms with E-state index in [1.165, 1.54) is 6.07 Å². The number of aromatic nitrogens is 1. The third-order valence-electron chi connectivity index (χ3n) is 5.33. The summed E-state index contributed by atoms with van der Waals surface area (Å²) in [5, 5.41) is 14.5. The van der Waals surface area contributed by atoms with E-state index < -0.39 is 5.54 Å². The van der Waals surface area contributed by atoms with E-state index in [-0.39, 0.29) is 18.3 Å². The van der Waals surface area contributed by atoms with E-state index in [1.54, 1.807) is 12.1 Å². The van der Waals surface area contributed by atoms with E-state index >= 15 is 0 Å². The Hall–Kier alpha value is -1.92. The van der Waals surface area contributed by atoms with Crippen LogP contribution >= 0.6 is 0 Å². The molecule has 1 N–H and O–H groups in total. The van der Waals surface area contributed by atoms with Crippen molar-refractivity contribution in [1.29, 1.82) is 0 Å². The van der Waals surface area contributed by atoms with Crippen molar-refractivity contribution < 1.29 is 14.0 Å². The third-order valence-corrected chi connectivity index (χ3v) is 5.33. The van der Waals surface area contributed by atoms with E-state index in [4.69, 9.17) is 4.52 Å². The van der Waals surface area contributed by atoms with Gasteiger partial charge in [-0.25, -0.2) is 4.39 Å². The van der Waals surface area contributed by atoms with Crippen molar-refractivity contribution in [2.75, 3.05) is 39.2 Å². The first kappa shape index (κ1) is 17.9. The van der Waals surface area contributed by atoms with Gasteiger partial charge in [0, 0.05) is 37.2 Å². The molecule has 5 nitrogen and oxygen atoms in total. The molecule has 2 aromatic rings. The molecule has 1 aliphatic heterocycles. The van der Waals surface area contributed by atoms with Crippen LogP contribution in [-0.4, -0.2) is 49.5 Å². The summed E-state index contributed by atoms with van der Waals surface area (Å²) in [6, 6.07) is 4.80. The summed E-state index contributed by atoms with van der Waals surface area (Å²) in [5.41, 5.74) is 3.02. The van der Waals surface area contributed by atoms with Gasteiger partial charge in [0.15, 0.2) is 0 Å². The lowest BCUT2D eigenvalue weighted by atomic mass is 9.75. The van der Waals surface area contributed by atoms with Crippen LogP contribution in [0.3, 0.4) is 0 Å². The van der Waals surface area contributed by atoms with E-state index in [2.05, 4.69) is 15.0 Å². The van der Waals surface area contributed by atoms with Crippen molar-refractivity contribution in [1.82, 2.24) is 10.1 Å². The molecule has 0 aliphatic carbocycles. The lowest BCUT2D eigenvalue weighted by Crippen LogP contribution is -2.52. The smallest absolute Gasteiger partial charge is 0.142 e. The van der Waals surface area contributed by atoms with E-state index in [0.29, 0.717) is 13.0 Å². The van der Waals surface area contributed by atoms with Gasteiger partial charge in [0.1, 0.15) is 11.6 Å². The SMILES string of the molecule is CCc1onc(C)c1C1(CN(C)C)C(CO)c2cc(F)ccc2N1C. The maximum Gasteiger partial charge on any atom is 0.142 e. The Kier molecular flexibility index (Phi) is 4.60. The van der Waals surface area contributed by atoms with Crippen LogP contribution in [0.2, 0.25) is 0 Å². The fourth-order valence-electron chi connectivity index (χ4n) is 4.40. The molecule has 25 heavy (non-hydrogen) atoms. The summed E-state index contributed by atoms with van der Waals surface area (Å²) in [5.74, 6) is 0.260. The number of aliphatic hydroxyl groups excluding tert-OH is 1. The molecule has 3 rings (SSSR count). The molecule has 0 bridgehead atoms. The highest BCUT2D eigenvalue weighted by atomic mass is 19.1. The van der Waals surface area contributed by atoms with Crippen LogP contribution in [0.5, 0.6) is 0 Å². The Balaban J connectivity index is 2.30. The van der Waals surface area contributed by atoms with Gasteiger partial charge in [-0.15, -0.1) is 0 Å². The highest BCUT2D eigenvalue weighted by molar-refractivity contribution is 5.67. The van der Waals surface area contributed by atoms with Crippen molar-refractivity contribution in [3.63, 3.8) is 0 Å². The second-order valence-corrected chi connectivity index (χ2v) is 7.08. The summed E-state index contributed by atoms with van der Waals surface area (Å²) in [6.45, 7) is 4.53. The summed E-state index contributed by atoms with van der Waals surface area (Å²) >= 11 is 0. The van der Waals surface area contributed by atoms with E-state index in [0.717, 1.165) is 28.3 Å². The zero-order chi connectivity index (χ0) is 18.4. The Labute approximate surface area is 148 Å². The number of halogens is 1. The Morgan fingerprint density at radius 1 is 1.40 bits per heavy atom. The van der Waals surface area contributed by atoms with Gasteiger partial charge >= 0.3 is 0 Å². The van der Waals surface area contributed by atoms with E-state index in [1.807, 2.05) is 35.0 Å². The standard InChI is InChI=1S/C19H26FN3O2/c1-6-17-18(12(2)21-25-17)19(11-22(3)4)15(10-24)14-9-13(20)7-8-16(14)23(19)5/h7-9,15,24H,6,10-11H2,1-5H3. The average molecular weight is 347 g/mol. The molecule has 0 radical (unpaired) electrons. The number of aliphatic hydroxyl groups is 1. The van der Waals surface area contributed by atoms with Crippen molar-refractivity contribution in [3.05, 3.63) is 46.6 Å². The quantitative estimate of drug-likeness (QED) is 0.901. The summed E-state index contributed by atoms with van der Waals surface area (Å²) in [4.78, 5) is 4.24. The van der Waals surface area contributed by atoms with Crippen molar-refractivity contribution >= 4 is 5.69 Å². The lowest BCUT2D eigenvalue weighted by Gasteiger charge is -2.43. The lowest BCUT2D eigenvalue weighted by molar-refractivity contribution is 0.176. The monoisotopic (exact) mass is 347 g/mol. The third kappa shape index (κ3) is 2.55. The highest BCUT2D eigenvalue weighted by Crippen LogP contribution is 2.54. The second kappa shape index (κ2) is 6.42. The molecule has 6 heteroatoms. The molecule has 0 fully saturated rings. The van der Waals surface area contributed by atoms with Crippen LogP contribution in [0.4, 0.5) is 10.1 Å². The minimum Gasteiger partial charge on any atom is -0.396 e. The molecular weight excluding hydrogens is 321 g/mol. The topological polar surface area (TPSA) is 52.7 Å². The summed E-state index contributed by atoms with van der Waals surface area (Å²) < 4.78 is 19.5. The van der Waals surface area contributed by atoms with Crippen LogP contribution in [0.25, 0.3) is 0 Å². The molecule has 0 amide bonds. The van der Waals surface area contributed by atoms with Gasteiger partial charge in [-0.2, -0.15) is 0 Å². The molecular formula is C19H26FN3O2. The normalized spacial score (nSPS) is 22.7. The number of likely N-dealkylation sites (N-methyl/N-ethyl adjacent to an activating group) is 2. The maximum atomic E-state index is 13.9. The minimum absolute atomic E-state index is 0.0809. The first-order valence-electron chi connectivity index (χ1n) is 8.61. The minimum atomic E-state index is -0.566. The molecule has 2 atom stereocenters. The zero-order valence-corrected chi connectivity index (χ0v) is 15.5. The van der Waals surface area contributed by atoms with Crippen LogP contribution < -0.4 is 4.90 Å². The number of hydrogen-bond acceptors (Lipinski definition) is 5. The average Bonchev–Trinajstić information content (AvgIpc) is 3.03. The van der Waals surface area contributed by atoms with Gasteiger partial charge in [0.2, 0.25) is 0 Å². The first-order chi connectivity index (χ1) is 11.9. The maximum absolute atomic E-state index is 13.9. The van der Waals surface area contributed by atoms with Gasteiger partial charge in [-0.3, -0.25) is 0 Å². The predicted octanol–water partition coefficient (Wildman–Crippen LogP) is 2.67. The number of hydrogen-bond donors (Lipinski definition) is 1. The predicted molar refractivity (Wildman–Crippen MR) is 95.5 cm³/mol. The van der Waals surface area contributed by atoms with Gasteiger partial charge in [0.25, 0.3) is 0 Å². The van der Waals surface area contributed by atoms with Crippen LogP contribution in [0, 0.1) is 12.7 Å². The number of rotatable bonds is 5. The molecule has 1 aromatic heterocycles. The number of aryl methyl sites for hydroxylation is 2. The van der Waals surface area contributed by atoms with Crippen LogP contribution in [-0.2, 0) is 12.0 Å². The Bertz CT molecular complexity index is 774. The number of nitrogens with zero attached hydrogens (tertiary/aromatic N) is 3. The highest BCUT2D eigenvalue weighted by Gasteiger charge is 2.54. The Morgan fingerprint density at radius 3 is 2.72 bits per heavy atom. The second-order valence-electron chi connectivity index (χ2n) is 7.08. The molecule has 2 unspecified atom stereocenters. The molecule has 0 saturated heterocycles. The Morgan fingerprint density at radius 2 is 2.12 bits per heavy atom. The van der Waals surface area contributed by atoms with Crippen LogP contribution in [0.15, 0.2) is 22.7 Å². The number of benzene rings is 1. The fourth-order valence-corrected chi connectivity index (χ4v) is 4.40. The van der Waals surface area contributed by atoms with Gasteiger partial charge in [-0.1, -0.05) is 12.1 Å². The largest absolute Gasteiger partial charge is 0.396 e. The zero-order valence-electron chi connectivity index (χ0n) is 15.5. The summed E-state index contributed by atoms with van der Waals surface area (Å²) in [6.07, 6.45) is 0.710. The van der Waals surface area contributed by atoms with Crippen molar-refractivity contribution in [2.45, 2.75) is 31.7 Å². The molecule has 0 saturated carbocycles. The summed E-state index contributed by atoms with van der Waals surface area (Å²) in [7, 11) is 6.01. The van der Waals surface area contributed by atoms with Gasteiger partial charge in [-0.05, 0) is 44.8 Å². The van der Waals surface area contributed by atoms with Crippen LogP contribution in [0.1, 0.15) is 35.4 Å². The van der Waals surface area contributed by atoms with Gasteiger partial charge < -0.3 is 19.4 Å². The van der Waals surface area contributed by atoms with Crippen molar-refractivity contribution in [3.8, 4) is 0 Å². The van der Waals surface area contributed by atoms with E-state index in [9.17, 15) is 9.50 Å². The molecule has 0 spiro atoms. The number of fused-ring (bicyclic) bond motifs is 1. The molecule has 1 aliphatic rings. The molecule has 136 valence electrons. The fraction of sp³-hybridized carbons (Fsp3) is 0.526. The van der Waals surface area contributed by atoms with Gasteiger partial charge in [0.05, 0.1) is 17.8 Å². The molecule has 1 aromatic carbocycles. The first-order valence-corrected chi connectivity index (χ1v) is 8.61. The van der Waals surface area contributed by atoms with Crippen molar-refractivity contribution in [2.24, 2.45) is 0 Å². The molecule has 2 heterocycles.